The molecule has 0 saturated carbocycles. The number of thiophene rings is 1. The van der Waals surface area contributed by atoms with Crippen LogP contribution in [0.2, 0.25) is 0 Å². The average molecular weight is 198 g/mol. The van der Waals surface area contributed by atoms with Crippen LogP contribution in [0.25, 0.3) is 0 Å². The van der Waals surface area contributed by atoms with Crippen molar-refractivity contribution in [2.45, 2.75) is 25.5 Å². The summed E-state index contributed by atoms with van der Waals surface area (Å²) in [4.78, 5) is 2.67. The van der Waals surface area contributed by atoms with Crippen molar-refractivity contribution in [2.75, 3.05) is 0 Å². The second kappa shape index (κ2) is 4.73. The van der Waals surface area contributed by atoms with E-state index in [1.165, 1.54) is 16.2 Å². The van der Waals surface area contributed by atoms with Gasteiger partial charge in [0, 0.05) is 10.1 Å². The Bertz CT molecular complexity index is 236. The Morgan fingerprint density at radius 1 is 1.75 bits per heavy atom. The lowest BCUT2D eigenvalue weighted by Gasteiger charge is -2.11. The van der Waals surface area contributed by atoms with Crippen molar-refractivity contribution in [3.05, 3.63) is 33.9 Å². The standard InChI is InChI=1S/C10H14S2/c1-4-9(12-8(2)3)10-6-5-7-11-10/h5-7,9H,2,4H2,1,3H3. The van der Waals surface area contributed by atoms with Gasteiger partial charge in [-0.2, -0.15) is 0 Å². The molecular weight excluding hydrogens is 184 g/mol. The maximum atomic E-state index is 3.92. The third-order valence-corrected chi connectivity index (χ3v) is 3.98. The van der Waals surface area contributed by atoms with Crippen LogP contribution in [0.15, 0.2) is 29.0 Å². The SMILES string of the molecule is C=C(C)SC(CC)c1cccs1. The summed E-state index contributed by atoms with van der Waals surface area (Å²) in [5, 5.41) is 2.75. The highest BCUT2D eigenvalue weighted by molar-refractivity contribution is 8.03. The van der Waals surface area contributed by atoms with Crippen molar-refractivity contribution in [1.29, 1.82) is 0 Å². The second-order valence-electron chi connectivity index (χ2n) is 2.73. The van der Waals surface area contributed by atoms with E-state index in [2.05, 4.69) is 37.9 Å². The van der Waals surface area contributed by atoms with Crippen molar-refractivity contribution in [2.24, 2.45) is 0 Å². The lowest BCUT2D eigenvalue weighted by atomic mass is 10.3. The van der Waals surface area contributed by atoms with Crippen LogP contribution in [0, 0.1) is 0 Å². The van der Waals surface area contributed by atoms with E-state index in [4.69, 9.17) is 0 Å². The van der Waals surface area contributed by atoms with E-state index in [1.54, 1.807) is 0 Å². The topological polar surface area (TPSA) is 0 Å². The minimum absolute atomic E-state index is 0.613. The highest BCUT2D eigenvalue weighted by Gasteiger charge is 2.10. The van der Waals surface area contributed by atoms with Crippen LogP contribution < -0.4 is 0 Å². The summed E-state index contributed by atoms with van der Waals surface area (Å²) in [7, 11) is 0. The van der Waals surface area contributed by atoms with Crippen molar-refractivity contribution in [1.82, 2.24) is 0 Å². The van der Waals surface area contributed by atoms with Gasteiger partial charge in [-0.25, -0.2) is 0 Å². The Morgan fingerprint density at radius 2 is 2.50 bits per heavy atom. The molecule has 0 spiro atoms. The summed E-state index contributed by atoms with van der Waals surface area (Å²) in [6.45, 7) is 8.21. The molecule has 0 radical (unpaired) electrons. The first-order chi connectivity index (χ1) is 5.74. The predicted molar refractivity (Wildman–Crippen MR) is 59.8 cm³/mol. The fraction of sp³-hybridized carbons (Fsp3) is 0.400. The molecule has 0 aromatic carbocycles. The fourth-order valence-electron chi connectivity index (χ4n) is 1.06. The van der Waals surface area contributed by atoms with Crippen LogP contribution in [-0.2, 0) is 0 Å². The van der Waals surface area contributed by atoms with Gasteiger partial charge in [0.25, 0.3) is 0 Å². The summed E-state index contributed by atoms with van der Waals surface area (Å²) in [5.74, 6) is 0. The van der Waals surface area contributed by atoms with Gasteiger partial charge >= 0.3 is 0 Å². The highest BCUT2D eigenvalue weighted by Crippen LogP contribution is 2.38. The Kier molecular flexibility index (Phi) is 3.89. The zero-order valence-corrected chi connectivity index (χ0v) is 9.17. The van der Waals surface area contributed by atoms with E-state index >= 15 is 0 Å². The molecule has 1 rings (SSSR count). The second-order valence-corrected chi connectivity index (χ2v) is 5.21. The van der Waals surface area contributed by atoms with E-state index in [0.717, 1.165) is 0 Å². The minimum atomic E-state index is 0.613. The van der Waals surface area contributed by atoms with E-state index in [0.29, 0.717) is 5.25 Å². The molecule has 0 saturated heterocycles. The minimum Gasteiger partial charge on any atom is -0.148 e. The fourth-order valence-corrected chi connectivity index (χ4v) is 3.01. The van der Waals surface area contributed by atoms with Crippen LogP contribution in [0.4, 0.5) is 0 Å². The lowest BCUT2D eigenvalue weighted by Crippen LogP contribution is -1.87. The third-order valence-electron chi connectivity index (χ3n) is 1.57. The van der Waals surface area contributed by atoms with Gasteiger partial charge < -0.3 is 0 Å². The lowest BCUT2D eigenvalue weighted by molar-refractivity contribution is 0.915. The Labute approximate surface area is 82.7 Å². The Hall–Kier alpha value is -0.210. The van der Waals surface area contributed by atoms with Crippen LogP contribution in [-0.4, -0.2) is 0 Å². The highest BCUT2D eigenvalue weighted by atomic mass is 32.2. The molecule has 12 heavy (non-hydrogen) atoms. The number of hydrogen-bond acceptors (Lipinski definition) is 2. The first-order valence-corrected chi connectivity index (χ1v) is 5.85. The normalized spacial score (nSPS) is 12.8. The molecule has 0 fully saturated rings. The third kappa shape index (κ3) is 2.68. The maximum Gasteiger partial charge on any atom is 0.0432 e. The van der Waals surface area contributed by atoms with Gasteiger partial charge in [0.15, 0.2) is 0 Å². The molecule has 0 aliphatic rings. The van der Waals surface area contributed by atoms with Gasteiger partial charge in [-0.1, -0.05) is 19.6 Å². The summed E-state index contributed by atoms with van der Waals surface area (Å²) in [6.07, 6.45) is 1.18. The predicted octanol–water partition coefficient (Wildman–Crippen LogP) is 4.47. The van der Waals surface area contributed by atoms with E-state index in [1.807, 2.05) is 23.1 Å². The molecule has 0 aliphatic heterocycles. The van der Waals surface area contributed by atoms with Crippen LogP contribution >= 0.6 is 23.1 Å². The van der Waals surface area contributed by atoms with Crippen LogP contribution in [0.5, 0.6) is 0 Å². The molecule has 1 heterocycles. The van der Waals surface area contributed by atoms with Crippen molar-refractivity contribution < 1.29 is 0 Å². The van der Waals surface area contributed by atoms with Gasteiger partial charge in [-0.15, -0.1) is 23.1 Å². The summed E-state index contributed by atoms with van der Waals surface area (Å²) < 4.78 is 0. The zero-order chi connectivity index (χ0) is 8.97. The maximum absolute atomic E-state index is 3.92. The molecule has 0 bridgehead atoms. The molecule has 1 atom stereocenters. The van der Waals surface area contributed by atoms with Crippen molar-refractivity contribution in [3.8, 4) is 0 Å². The number of allylic oxidation sites excluding steroid dienone is 1. The van der Waals surface area contributed by atoms with E-state index in [-0.39, 0.29) is 0 Å². The Morgan fingerprint density at radius 3 is 2.92 bits per heavy atom. The smallest absolute Gasteiger partial charge is 0.0432 e. The van der Waals surface area contributed by atoms with Gasteiger partial charge in [0.1, 0.15) is 0 Å². The molecule has 2 heteroatoms. The van der Waals surface area contributed by atoms with Gasteiger partial charge in [0.05, 0.1) is 0 Å². The molecule has 0 nitrogen and oxygen atoms in total. The van der Waals surface area contributed by atoms with Gasteiger partial charge in [-0.3, -0.25) is 0 Å². The molecule has 1 unspecified atom stereocenters. The zero-order valence-electron chi connectivity index (χ0n) is 7.54. The molecule has 1 aromatic heterocycles. The van der Waals surface area contributed by atoms with Crippen LogP contribution in [0.1, 0.15) is 30.4 Å². The van der Waals surface area contributed by atoms with E-state index in [9.17, 15) is 0 Å². The van der Waals surface area contributed by atoms with E-state index < -0.39 is 0 Å². The van der Waals surface area contributed by atoms with Crippen molar-refractivity contribution in [3.63, 3.8) is 0 Å². The first-order valence-electron chi connectivity index (χ1n) is 4.09. The molecular formula is C10H14S2. The first kappa shape index (κ1) is 9.87. The summed E-state index contributed by atoms with van der Waals surface area (Å²) in [5.41, 5.74) is 0. The number of hydrogen-bond donors (Lipinski definition) is 0. The quantitative estimate of drug-likeness (QED) is 0.688. The molecule has 0 amide bonds. The summed E-state index contributed by atoms with van der Waals surface area (Å²) >= 11 is 3.71. The largest absolute Gasteiger partial charge is 0.148 e. The van der Waals surface area contributed by atoms with Crippen molar-refractivity contribution >= 4 is 23.1 Å². The molecule has 66 valence electrons. The molecule has 1 aromatic rings. The summed E-state index contributed by atoms with van der Waals surface area (Å²) in [6, 6.07) is 4.32. The average Bonchev–Trinajstić information content (AvgIpc) is 2.51. The molecule has 0 aliphatic carbocycles. The van der Waals surface area contributed by atoms with Gasteiger partial charge in [-0.05, 0) is 29.7 Å². The number of rotatable bonds is 4. The van der Waals surface area contributed by atoms with Crippen LogP contribution in [0.3, 0.4) is 0 Å². The number of thioether (sulfide) groups is 1. The monoisotopic (exact) mass is 198 g/mol. The van der Waals surface area contributed by atoms with Gasteiger partial charge in [0.2, 0.25) is 0 Å². The molecule has 0 N–H and O–H groups in total. The Balaban J connectivity index is 2.63.